The van der Waals surface area contributed by atoms with Crippen LogP contribution in [0.5, 0.6) is 0 Å². The first kappa shape index (κ1) is 16.9. The Balaban J connectivity index is 4.12. The predicted molar refractivity (Wildman–Crippen MR) is 80.6 cm³/mol. The molecule has 0 aliphatic rings. The monoisotopic (exact) mass is 248 g/mol. The fourth-order valence-electron chi connectivity index (χ4n) is 1.79. The zero-order valence-electron chi connectivity index (χ0n) is 12.6. The molecular weight excluding hydrogens is 220 g/mol. The number of hydrogen-bond acceptors (Lipinski definition) is 1. The molecule has 1 heteroatoms. The van der Waals surface area contributed by atoms with Crippen LogP contribution < -0.4 is 0 Å². The SMILES string of the molecule is C=C(C)C(C)CC(C)C/C=C/C(C)=C/C(=O)CC. The Morgan fingerprint density at radius 1 is 1.28 bits per heavy atom. The van der Waals surface area contributed by atoms with Crippen molar-refractivity contribution in [2.45, 2.75) is 53.9 Å². The fourth-order valence-corrected chi connectivity index (χ4v) is 1.79. The minimum Gasteiger partial charge on any atom is -0.295 e. The van der Waals surface area contributed by atoms with Gasteiger partial charge in [0.15, 0.2) is 5.78 Å². The molecule has 18 heavy (non-hydrogen) atoms. The molecule has 2 atom stereocenters. The maximum atomic E-state index is 11.2. The summed E-state index contributed by atoms with van der Waals surface area (Å²) in [6.45, 7) is 14.4. The maximum absolute atomic E-state index is 11.2. The van der Waals surface area contributed by atoms with E-state index in [9.17, 15) is 4.79 Å². The molecule has 0 rings (SSSR count). The first-order valence-corrected chi connectivity index (χ1v) is 6.89. The van der Waals surface area contributed by atoms with Gasteiger partial charge >= 0.3 is 0 Å². The molecule has 0 amide bonds. The number of allylic oxidation sites excluding steroid dienone is 5. The number of carbonyl (C=O) groups excluding carboxylic acids is 1. The van der Waals surface area contributed by atoms with Crippen LogP contribution in [0.4, 0.5) is 0 Å². The summed E-state index contributed by atoms with van der Waals surface area (Å²) >= 11 is 0. The molecule has 0 aromatic carbocycles. The first-order chi connectivity index (χ1) is 8.36. The first-order valence-electron chi connectivity index (χ1n) is 6.89. The summed E-state index contributed by atoms with van der Waals surface area (Å²) in [7, 11) is 0. The number of hydrogen-bond donors (Lipinski definition) is 0. The topological polar surface area (TPSA) is 17.1 Å². The van der Waals surface area contributed by atoms with E-state index in [1.807, 2.05) is 13.8 Å². The smallest absolute Gasteiger partial charge is 0.155 e. The standard InChI is InChI=1S/C17H28O/c1-7-17(18)12-15(5)10-8-9-14(4)11-16(6)13(2)3/h8,10,12,14,16H,2,7,9,11H2,1,3-6H3/b10-8+,15-12+. The minimum absolute atomic E-state index is 0.195. The highest BCUT2D eigenvalue weighted by Gasteiger charge is 2.07. The maximum Gasteiger partial charge on any atom is 0.155 e. The third-order valence-electron chi connectivity index (χ3n) is 3.25. The Bertz CT molecular complexity index is 334. The van der Waals surface area contributed by atoms with Crippen LogP contribution in [0, 0.1) is 11.8 Å². The average Bonchev–Trinajstić information content (AvgIpc) is 2.28. The van der Waals surface area contributed by atoms with Crippen molar-refractivity contribution in [2.24, 2.45) is 11.8 Å². The molecule has 0 saturated heterocycles. The van der Waals surface area contributed by atoms with E-state index >= 15 is 0 Å². The molecule has 0 aromatic rings. The van der Waals surface area contributed by atoms with Gasteiger partial charge in [0.1, 0.15) is 0 Å². The van der Waals surface area contributed by atoms with E-state index in [-0.39, 0.29) is 5.78 Å². The van der Waals surface area contributed by atoms with E-state index in [1.54, 1.807) is 6.08 Å². The van der Waals surface area contributed by atoms with Gasteiger partial charge in [-0.1, -0.05) is 45.1 Å². The molecule has 1 nitrogen and oxygen atoms in total. The third-order valence-corrected chi connectivity index (χ3v) is 3.25. The molecule has 0 fully saturated rings. The van der Waals surface area contributed by atoms with Crippen molar-refractivity contribution in [2.75, 3.05) is 0 Å². The zero-order valence-corrected chi connectivity index (χ0v) is 12.6. The number of ketones is 1. The summed E-state index contributed by atoms with van der Waals surface area (Å²) in [5, 5.41) is 0. The Hall–Kier alpha value is -1.11. The Morgan fingerprint density at radius 3 is 2.39 bits per heavy atom. The summed E-state index contributed by atoms with van der Waals surface area (Å²) in [6.07, 6.45) is 8.76. The van der Waals surface area contributed by atoms with E-state index in [2.05, 4.69) is 39.5 Å². The van der Waals surface area contributed by atoms with Gasteiger partial charge in [-0.25, -0.2) is 0 Å². The van der Waals surface area contributed by atoms with Crippen LogP contribution in [0.25, 0.3) is 0 Å². The second-order valence-corrected chi connectivity index (χ2v) is 5.43. The summed E-state index contributed by atoms with van der Waals surface area (Å²) in [5.41, 5.74) is 2.30. The van der Waals surface area contributed by atoms with E-state index in [0.717, 1.165) is 12.0 Å². The largest absolute Gasteiger partial charge is 0.295 e. The Labute approximate surface area is 113 Å². The van der Waals surface area contributed by atoms with Gasteiger partial charge in [-0.15, -0.1) is 0 Å². The second-order valence-electron chi connectivity index (χ2n) is 5.43. The summed E-state index contributed by atoms with van der Waals surface area (Å²) in [5.74, 6) is 1.44. The van der Waals surface area contributed by atoms with Crippen LogP contribution in [0.2, 0.25) is 0 Å². The van der Waals surface area contributed by atoms with Gasteiger partial charge in [0, 0.05) is 6.42 Å². The lowest BCUT2D eigenvalue weighted by Gasteiger charge is -2.15. The lowest BCUT2D eigenvalue weighted by molar-refractivity contribution is -0.114. The lowest BCUT2D eigenvalue weighted by atomic mass is 9.90. The molecule has 0 aliphatic heterocycles. The zero-order chi connectivity index (χ0) is 14.1. The van der Waals surface area contributed by atoms with Gasteiger partial charge in [-0.3, -0.25) is 4.79 Å². The number of rotatable bonds is 8. The average molecular weight is 248 g/mol. The van der Waals surface area contributed by atoms with Crippen molar-refractivity contribution in [3.05, 3.63) is 36.0 Å². The molecule has 0 bridgehead atoms. The van der Waals surface area contributed by atoms with E-state index in [0.29, 0.717) is 18.3 Å². The van der Waals surface area contributed by atoms with Crippen LogP contribution in [0.3, 0.4) is 0 Å². The second kappa shape index (κ2) is 8.91. The van der Waals surface area contributed by atoms with Gasteiger partial charge in [0.05, 0.1) is 0 Å². The fraction of sp³-hybridized carbons (Fsp3) is 0.588. The van der Waals surface area contributed by atoms with Crippen molar-refractivity contribution >= 4 is 5.78 Å². The normalized spacial score (nSPS) is 15.7. The van der Waals surface area contributed by atoms with E-state index in [1.165, 1.54) is 12.0 Å². The van der Waals surface area contributed by atoms with Crippen molar-refractivity contribution in [3.8, 4) is 0 Å². The molecule has 0 aliphatic carbocycles. The third kappa shape index (κ3) is 8.05. The summed E-state index contributed by atoms with van der Waals surface area (Å²) in [6, 6.07) is 0. The molecule has 0 radical (unpaired) electrons. The number of carbonyl (C=O) groups is 1. The Kier molecular flexibility index (Phi) is 8.36. The highest BCUT2D eigenvalue weighted by molar-refractivity contribution is 5.90. The van der Waals surface area contributed by atoms with Crippen LogP contribution in [0.1, 0.15) is 53.9 Å². The van der Waals surface area contributed by atoms with Crippen LogP contribution >= 0.6 is 0 Å². The molecule has 2 unspecified atom stereocenters. The van der Waals surface area contributed by atoms with Crippen molar-refractivity contribution < 1.29 is 4.79 Å². The molecule has 0 aromatic heterocycles. The highest BCUT2D eigenvalue weighted by atomic mass is 16.1. The quantitative estimate of drug-likeness (QED) is 0.332. The molecule has 0 spiro atoms. The molecule has 102 valence electrons. The molecule has 0 N–H and O–H groups in total. The Morgan fingerprint density at radius 2 is 1.89 bits per heavy atom. The van der Waals surface area contributed by atoms with Crippen molar-refractivity contribution in [1.29, 1.82) is 0 Å². The minimum atomic E-state index is 0.195. The summed E-state index contributed by atoms with van der Waals surface area (Å²) in [4.78, 5) is 11.2. The molecule has 0 saturated carbocycles. The van der Waals surface area contributed by atoms with Crippen LogP contribution in [-0.2, 0) is 4.79 Å². The van der Waals surface area contributed by atoms with Gasteiger partial charge in [0.2, 0.25) is 0 Å². The van der Waals surface area contributed by atoms with E-state index in [4.69, 9.17) is 0 Å². The predicted octanol–water partition coefficient (Wildman–Crippen LogP) is 5.10. The van der Waals surface area contributed by atoms with Crippen molar-refractivity contribution in [3.63, 3.8) is 0 Å². The molecular formula is C17H28O. The lowest BCUT2D eigenvalue weighted by Crippen LogP contribution is -2.03. The van der Waals surface area contributed by atoms with Gasteiger partial charge < -0.3 is 0 Å². The van der Waals surface area contributed by atoms with E-state index < -0.39 is 0 Å². The van der Waals surface area contributed by atoms with Gasteiger partial charge in [-0.2, -0.15) is 0 Å². The van der Waals surface area contributed by atoms with Crippen molar-refractivity contribution in [1.82, 2.24) is 0 Å². The van der Waals surface area contributed by atoms with Gasteiger partial charge in [0.25, 0.3) is 0 Å². The molecule has 0 heterocycles. The van der Waals surface area contributed by atoms with Crippen LogP contribution in [0.15, 0.2) is 36.0 Å². The summed E-state index contributed by atoms with van der Waals surface area (Å²) < 4.78 is 0. The van der Waals surface area contributed by atoms with Gasteiger partial charge in [-0.05, 0) is 50.2 Å². The van der Waals surface area contributed by atoms with Crippen LogP contribution in [-0.4, -0.2) is 5.78 Å². The highest BCUT2D eigenvalue weighted by Crippen LogP contribution is 2.20.